The Kier molecular flexibility index (Phi) is 7.88. The second-order valence-corrected chi connectivity index (χ2v) is 8.86. The van der Waals surface area contributed by atoms with Crippen LogP contribution in [0.3, 0.4) is 0 Å². The molecule has 0 bridgehead atoms. The molecule has 190 valence electrons. The van der Waals surface area contributed by atoms with E-state index in [2.05, 4.69) is 36.3 Å². The van der Waals surface area contributed by atoms with E-state index in [1.165, 1.54) is 13.3 Å². The number of aromatic nitrogens is 6. The maximum absolute atomic E-state index is 13.6. The average molecular weight is 518 g/mol. The summed E-state index contributed by atoms with van der Waals surface area (Å²) in [6, 6.07) is 5.29. The molecule has 5 rings (SSSR count). The fraction of sp³-hybridized carbons (Fsp3) is 0.333. The van der Waals surface area contributed by atoms with E-state index >= 15 is 0 Å². The van der Waals surface area contributed by atoms with Crippen LogP contribution in [-0.4, -0.2) is 42.6 Å². The number of nitrogens with zero attached hydrogens (tertiary/aromatic N) is 6. The van der Waals surface area contributed by atoms with E-state index in [0.29, 0.717) is 36.2 Å². The fourth-order valence-electron chi connectivity index (χ4n) is 3.86. The van der Waals surface area contributed by atoms with Gasteiger partial charge in [0.1, 0.15) is 17.1 Å². The molecule has 1 aromatic carbocycles. The molecule has 0 aliphatic carbocycles. The number of hydrogen-bond acceptors (Lipinski definition) is 6. The third kappa shape index (κ3) is 5.21. The quantitative estimate of drug-likeness (QED) is 0.272. The van der Waals surface area contributed by atoms with Crippen LogP contribution >= 0.6 is 9.24 Å². The van der Waals surface area contributed by atoms with Gasteiger partial charge in [-0.15, -0.1) is 19.4 Å². The highest BCUT2D eigenvalue weighted by molar-refractivity contribution is 7.16. The van der Waals surface area contributed by atoms with Gasteiger partial charge in [-0.1, -0.05) is 6.92 Å². The molecule has 0 radical (unpaired) electrons. The predicted molar refractivity (Wildman–Crippen MR) is 131 cm³/mol. The Labute approximate surface area is 208 Å². The van der Waals surface area contributed by atoms with Crippen molar-refractivity contribution in [2.45, 2.75) is 39.3 Å². The predicted octanol–water partition coefficient (Wildman–Crippen LogP) is 5.06. The molecule has 1 aliphatic rings. The van der Waals surface area contributed by atoms with Gasteiger partial charge in [0.15, 0.2) is 35.2 Å². The largest absolute Gasteiger partial charge is 0.482 e. The highest BCUT2D eigenvalue weighted by Crippen LogP contribution is 2.34. The first-order chi connectivity index (χ1) is 17.4. The Hall–Kier alpha value is -3.46. The third-order valence-electron chi connectivity index (χ3n) is 5.40. The average Bonchev–Trinajstić information content (AvgIpc) is 3.49. The third-order valence-corrected chi connectivity index (χ3v) is 5.40. The number of aryl methyl sites for hydroxylation is 1. The van der Waals surface area contributed by atoms with Gasteiger partial charge < -0.3 is 18.6 Å². The molecular formula is C24H26F3N6O2P. The van der Waals surface area contributed by atoms with Gasteiger partial charge in [-0.05, 0) is 38.1 Å². The zero-order valence-electron chi connectivity index (χ0n) is 20.1. The van der Waals surface area contributed by atoms with Crippen molar-refractivity contribution in [2.75, 3.05) is 13.3 Å². The summed E-state index contributed by atoms with van der Waals surface area (Å²) in [5.41, 5.74) is 2.13. The maximum atomic E-state index is 13.6. The van der Waals surface area contributed by atoms with Crippen molar-refractivity contribution < 1.29 is 22.6 Å². The zero-order valence-corrected chi connectivity index (χ0v) is 21.2. The zero-order chi connectivity index (χ0) is 25.8. The van der Waals surface area contributed by atoms with Crippen molar-refractivity contribution in [1.82, 2.24) is 29.3 Å². The molecule has 4 heterocycles. The van der Waals surface area contributed by atoms with Crippen LogP contribution in [-0.2, 0) is 6.54 Å². The minimum Gasteiger partial charge on any atom is -0.482 e. The van der Waals surface area contributed by atoms with Gasteiger partial charge in [0.25, 0.3) is 0 Å². The summed E-state index contributed by atoms with van der Waals surface area (Å²) in [4.78, 5) is 8.82. The minimum atomic E-state index is -1.54. The van der Waals surface area contributed by atoms with E-state index in [0.717, 1.165) is 29.9 Å². The molecule has 0 saturated carbocycles. The Morgan fingerprint density at radius 3 is 2.50 bits per heavy atom. The summed E-state index contributed by atoms with van der Waals surface area (Å²) < 4.78 is 55.3. The molecule has 12 heteroatoms. The topological polar surface area (TPSA) is 79.9 Å². The van der Waals surface area contributed by atoms with Gasteiger partial charge in [-0.2, -0.15) is 0 Å². The number of imidazole rings is 1. The number of rotatable bonds is 5. The summed E-state index contributed by atoms with van der Waals surface area (Å²) >= 11 is 0. The molecule has 36 heavy (non-hydrogen) atoms. The van der Waals surface area contributed by atoms with Crippen LogP contribution in [0, 0.1) is 24.4 Å². The van der Waals surface area contributed by atoms with Gasteiger partial charge >= 0.3 is 0 Å². The summed E-state index contributed by atoms with van der Waals surface area (Å²) in [7, 11) is 4.11. The van der Waals surface area contributed by atoms with Crippen LogP contribution in [0.1, 0.15) is 37.4 Å². The summed E-state index contributed by atoms with van der Waals surface area (Å²) in [6.07, 6.45) is 5.39. The lowest BCUT2D eigenvalue weighted by atomic mass is 10.1. The molecule has 0 saturated heterocycles. The van der Waals surface area contributed by atoms with Crippen molar-refractivity contribution >= 4 is 9.24 Å². The highest BCUT2D eigenvalue weighted by atomic mass is 31.0. The number of hydrogen-bond donors (Lipinski definition) is 0. The molecule has 0 spiro atoms. The maximum Gasteiger partial charge on any atom is 0.238 e. The Balaban J connectivity index is 0.000000967. The lowest BCUT2D eigenvalue weighted by Gasteiger charge is -2.24. The smallest absolute Gasteiger partial charge is 0.238 e. The fourth-order valence-corrected chi connectivity index (χ4v) is 3.86. The van der Waals surface area contributed by atoms with Gasteiger partial charge in [0, 0.05) is 24.9 Å². The van der Waals surface area contributed by atoms with E-state index in [-0.39, 0.29) is 5.75 Å². The van der Waals surface area contributed by atoms with E-state index < -0.39 is 23.6 Å². The van der Waals surface area contributed by atoms with Crippen LogP contribution in [0.5, 0.6) is 11.6 Å². The normalized spacial score (nSPS) is 14.6. The summed E-state index contributed by atoms with van der Waals surface area (Å²) in [5, 5.41) is 8.52. The van der Waals surface area contributed by atoms with E-state index in [4.69, 9.17) is 9.47 Å². The van der Waals surface area contributed by atoms with Crippen LogP contribution in [0.4, 0.5) is 13.2 Å². The molecule has 2 unspecified atom stereocenters. The van der Waals surface area contributed by atoms with Gasteiger partial charge in [0.2, 0.25) is 5.88 Å². The Bertz CT molecular complexity index is 1340. The molecule has 0 fully saturated rings. The van der Waals surface area contributed by atoms with E-state index in [9.17, 15) is 13.2 Å². The number of benzene rings is 1. The Morgan fingerprint density at radius 1 is 1.14 bits per heavy atom. The summed E-state index contributed by atoms with van der Waals surface area (Å²) in [6.45, 7) is 4.60. The van der Waals surface area contributed by atoms with Gasteiger partial charge in [-0.3, -0.25) is 0 Å². The van der Waals surface area contributed by atoms with Crippen molar-refractivity contribution in [2.24, 2.45) is 0 Å². The van der Waals surface area contributed by atoms with Crippen LogP contribution < -0.4 is 9.47 Å². The van der Waals surface area contributed by atoms with Crippen LogP contribution in [0.15, 0.2) is 36.8 Å². The SMILES string of the molecule is CCP.COc1nc(-c2nnc3n2CCCC3Oc2cc(F)c(F)c(F)c2)ccc1-n1cnc(C)c1. The second-order valence-electron chi connectivity index (χ2n) is 8.04. The first kappa shape index (κ1) is 25.6. The van der Waals surface area contributed by atoms with E-state index in [1.54, 1.807) is 12.4 Å². The van der Waals surface area contributed by atoms with Gasteiger partial charge in [-0.25, -0.2) is 23.1 Å². The first-order valence-corrected chi connectivity index (χ1v) is 12.2. The van der Waals surface area contributed by atoms with E-state index in [1.807, 2.05) is 28.3 Å². The molecule has 4 aromatic rings. The molecule has 1 aliphatic heterocycles. The highest BCUT2D eigenvalue weighted by Gasteiger charge is 2.29. The number of methoxy groups -OCH3 is 1. The minimum absolute atomic E-state index is 0.117. The number of fused-ring (bicyclic) bond motifs is 1. The molecule has 8 nitrogen and oxygen atoms in total. The lowest BCUT2D eigenvalue weighted by molar-refractivity contribution is 0.157. The first-order valence-electron chi connectivity index (χ1n) is 11.4. The van der Waals surface area contributed by atoms with Crippen molar-refractivity contribution in [3.63, 3.8) is 0 Å². The summed E-state index contributed by atoms with van der Waals surface area (Å²) in [5.74, 6) is -2.87. The van der Waals surface area contributed by atoms with Crippen molar-refractivity contribution in [3.05, 3.63) is 65.8 Å². The number of pyridine rings is 1. The molecule has 3 aromatic heterocycles. The van der Waals surface area contributed by atoms with Gasteiger partial charge in [0.05, 0.1) is 19.1 Å². The Morgan fingerprint density at radius 2 is 1.86 bits per heavy atom. The van der Waals surface area contributed by atoms with Crippen molar-refractivity contribution in [3.8, 4) is 28.8 Å². The molecular weight excluding hydrogens is 492 g/mol. The molecule has 2 atom stereocenters. The van der Waals surface area contributed by atoms with Crippen molar-refractivity contribution in [1.29, 1.82) is 0 Å². The standard InChI is InChI=1S/C22H19F3N6O2.C2H7P/c1-12-10-30(11-26-12)17-6-5-16(27-22(17)32-2)20-28-29-21-18(4-3-7-31(20)21)33-13-8-14(23)19(25)15(24)9-13;1-2-3/h5-6,8-11,18H,3-4,7H2,1-2H3;2-3H2,1H3. The molecule has 0 amide bonds. The van der Waals surface area contributed by atoms with Crippen LogP contribution in [0.2, 0.25) is 0 Å². The lowest BCUT2D eigenvalue weighted by Crippen LogP contribution is -2.21. The van der Waals surface area contributed by atoms with Crippen LogP contribution in [0.25, 0.3) is 17.2 Å². The monoisotopic (exact) mass is 518 g/mol. The molecule has 0 N–H and O–H groups in total. The number of ether oxygens (including phenoxy) is 2. The second kappa shape index (κ2) is 11.1. The number of halogens is 3.